The van der Waals surface area contributed by atoms with Gasteiger partial charge in [-0.15, -0.1) is 0 Å². The summed E-state index contributed by atoms with van der Waals surface area (Å²) in [5.41, 5.74) is -0.186. The molecule has 6 nitrogen and oxygen atoms in total. The maximum atomic E-state index is 12.9. The fourth-order valence-corrected chi connectivity index (χ4v) is 4.03. The van der Waals surface area contributed by atoms with Crippen LogP contribution in [0.1, 0.15) is 41.5 Å². The maximum absolute atomic E-state index is 12.9. The monoisotopic (exact) mass is 396 g/mol. The van der Waals surface area contributed by atoms with Crippen LogP contribution in [-0.4, -0.2) is 45.2 Å². The van der Waals surface area contributed by atoms with Crippen molar-refractivity contribution in [2.45, 2.75) is 77.5 Å². The molecular weight excluding hydrogens is 364 g/mol. The van der Waals surface area contributed by atoms with Crippen LogP contribution < -0.4 is 0 Å². The summed E-state index contributed by atoms with van der Waals surface area (Å²) < 4.78 is 22.7. The molecule has 0 fully saturated rings. The standard InChI is InChI=1S/C20H32O6Si/c1-12-16(26-27(8,9)19(3,4)5)15(14-10-11-20(12,6)25-14)18(22)24-13(2)17(21)23-7/h10-14H,1-9H3/t12-,13-,14+,20+/m0/s1. The molecular formula is C20H32O6Si. The summed E-state index contributed by atoms with van der Waals surface area (Å²) in [7, 11) is -0.937. The van der Waals surface area contributed by atoms with Crippen LogP contribution in [0.2, 0.25) is 18.1 Å². The van der Waals surface area contributed by atoms with Crippen LogP contribution in [0.15, 0.2) is 23.5 Å². The third-order valence-electron chi connectivity index (χ3n) is 5.99. The third-order valence-corrected chi connectivity index (χ3v) is 10.3. The van der Waals surface area contributed by atoms with Crippen LogP contribution in [0.25, 0.3) is 0 Å². The molecule has 0 radical (unpaired) electrons. The van der Waals surface area contributed by atoms with Gasteiger partial charge in [0.2, 0.25) is 8.32 Å². The van der Waals surface area contributed by atoms with Crippen LogP contribution in [0.5, 0.6) is 0 Å². The molecule has 2 rings (SSSR count). The normalized spacial score (nSPS) is 28.8. The molecule has 0 spiro atoms. The first-order valence-corrected chi connectivity index (χ1v) is 12.2. The second-order valence-corrected chi connectivity index (χ2v) is 13.7. The SMILES string of the molecule is COC(=O)[C@H](C)OC(=O)C1=C(O[Si](C)(C)C(C)(C)C)[C@H](C)[C@@]2(C)C=C[C@H]1O2. The molecule has 2 aliphatic rings. The lowest BCUT2D eigenvalue weighted by atomic mass is 9.86. The van der Waals surface area contributed by atoms with Gasteiger partial charge >= 0.3 is 11.9 Å². The maximum Gasteiger partial charge on any atom is 0.346 e. The Morgan fingerprint density at radius 2 is 1.89 bits per heavy atom. The average Bonchev–Trinajstić information content (AvgIpc) is 2.90. The predicted molar refractivity (Wildman–Crippen MR) is 104 cm³/mol. The van der Waals surface area contributed by atoms with Crippen molar-refractivity contribution in [1.29, 1.82) is 0 Å². The van der Waals surface area contributed by atoms with E-state index >= 15 is 0 Å². The zero-order valence-electron chi connectivity index (χ0n) is 17.8. The first kappa shape index (κ1) is 21.7. The van der Waals surface area contributed by atoms with Crippen molar-refractivity contribution < 1.29 is 28.2 Å². The van der Waals surface area contributed by atoms with E-state index in [0.717, 1.165) is 0 Å². The summed E-state index contributed by atoms with van der Waals surface area (Å²) in [6.45, 7) is 16.2. The topological polar surface area (TPSA) is 71.1 Å². The Bertz CT molecular complexity index is 687. The van der Waals surface area contributed by atoms with Gasteiger partial charge in [-0.25, -0.2) is 9.59 Å². The zero-order valence-corrected chi connectivity index (χ0v) is 18.8. The Balaban J connectivity index is 2.45. The van der Waals surface area contributed by atoms with E-state index in [0.29, 0.717) is 11.3 Å². The summed E-state index contributed by atoms with van der Waals surface area (Å²) in [6.07, 6.45) is 2.29. The van der Waals surface area contributed by atoms with Crippen molar-refractivity contribution in [2.24, 2.45) is 5.92 Å². The van der Waals surface area contributed by atoms with Crippen LogP contribution in [0, 0.1) is 5.92 Å². The number of rotatable bonds is 5. The van der Waals surface area contributed by atoms with Gasteiger partial charge in [0.15, 0.2) is 6.10 Å². The summed E-state index contributed by atoms with van der Waals surface area (Å²) in [5.74, 6) is -0.746. The minimum atomic E-state index is -2.20. The molecule has 0 aliphatic carbocycles. The molecule has 0 N–H and O–H groups in total. The Morgan fingerprint density at radius 1 is 1.30 bits per heavy atom. The van der Waals surface area contributed by atoms with E-state index in [4.69, 9.17) is 13.9 Å². The van der Waals surface area contributed by atoms with Crippen LogP contribution >= 0.6 is 0 Å². The molecule has 0 amide bonds. The van der Waals surface area contributed by atoms with Crippen molar-refractivity contribution in [2.75, 3.05) is 7.11 Å². The third kappa shape index (κ3) is 3.99. The fraction of sp³-hybridized carbons (Fsp3) is 0.700. The summed E-state index contributed by atoms with van der Waals surface area (Å²) in [6, 6.07) is 0. The molecule has 2 bridgehead atoms. The molecule has 0 aromatic rings. The number of carbonyl (C=O) groups is 2. The second kappa shape index (κ2) is 7.09. The van der Waals surface area contributed by atoms with Crippen LogP contribution in [0.3, 0.4) is 0 Å². The van der Waals surface area contributed by atoms with Gasteiger partial charge in [-0.1, -0.05) is 39.8 Å². The molecule has 0 aromatic heterocycles. The molecule has 0 aromatic carbocycles. The highest BCUT2D eigenvalue weighted by atomic mass is 28.4. The lowest BCUT2D eigenvalue weighted by molar-refractivity contribution is -0.164. The lowest BCUT2D eigenvalue weighted by Crippen LogP contribution is -2.48. The number of ether oxygens (including phenoxy) is 3. The molecule has 7 heteroatoms. The van der Waals surface area contributed by atoms with Crippen LogP contribution in [-0.2, 0) is 28.2 Å². The lowest BCUT2D eigenvalue weighted by Gasteiger charge is -2.44. The molecule has 2 aliphatic heterocycles. The Morgan fingerprint density at radius 3 is 2.41 bits per heavy atom. The Labute approximate surface area is 163 Å². The van der Waals surface area contributed by atoms with Crippen molar-refractivity contribution >= 4 is 20.3 Å². The number of esters is 2. The minimum absolute atomic E-state index is 0.0280. The molecule has 4 atom stereocenters. The van der Waals surface area contributed by atoms with Gasteiger partial charge in [-0.2, -0.15) is 0 Å². The second-order valence-electron chi connectivity index (χ2n) is 9.01. The number of carbonyl (C=O) groups excluding carboxylic acids is 2. The van der Waals surface area contributed by atoms with Crippen molar-refractivity contribution in [1.82, 2.24) is 0 Å². The molecule has 2 heterocycles. The largest absolute Gasteiger partial charge is 0.546 e. The van der Waals surface area contributed by atoms with Gasteiger partial charge in [0.1, 0.15) is 11.7 Å². The zero-order chi connectivity index (χ0) is 20.8. The number of methoxy groups -OCH3 is 1. The van der Waals surface area contributed by atoms with E-state index in [1.165, 1.54) is 14.0 Å². The molecule has 0 unspecified atom stereocenters. The number of hydrogen-bond donors (Lipinski definition) is 0. The van der Waals surface area contributed by atoms with Gasteiger partial charge in [-0.05, 0) is 32.0 Å². The molecule has 0 saturated heterocycles. The quantitative estimate of drug-likeness (QED) is 0.401. The molecule has 152 valence electrons. The first-order valence-electron chi connectivity index (χ1n) is 9.32. The van der Waals surface area contributed by atoms with E-state index in [9.17, 15) is 9.59 Å². The van der Waals surface area contributed by atoms with E-state index in [2.05, 4.69) is 38.6 Å². The van der Waals surface area contributed by atoms with E-state index < -0.39 is 38.1 Å². The predicted octanol–water partition coefficient (Wildman–Crippen LogP) is 3.73. The Hall–Kier alpha value is -1.60. The van der Waals surface area contributed by atoms with Gasteiger partial charge in [0.05, 0.1) is 18.5 Å². The highest BCUT2D eigenvalue weighted by Crippen LogP contribution is 2.47. The summed E-state index contributed by atoms with van der Waals surface area (Å²) >= 11 is 0. The average molecular weight is 397 g/mol. The van der Waals surface area contributed by atoms with Gasteiger partial charge in [-0.3, -0.25) is 0 Å². The number of fused-ring (bicyclic) bond motifs is 2. The van der Waals surface area contributed by atoms with Gasteiger partial charge in [0.25, 0.3) is 0 Å². The van der Waals surface area contributed by atoms with Gasteiger partial charge < -0.3 is 18.6 Å². The minimum Gasteiger partial charge on any atom is -0.546 e. The molecule has 0 saturated carbocycles. The van der Waals surface area contributed by atoms with Crippen molar-refractivity contribution in [3.05, 3.63) is 23.5 Å². The highest BCUT2D eigenvalue weighted by Gasteiger charge is 2.51. The smallest absolute Gasteiger partial charge is 0.346 e. The highest BCUT2D eigenvalue weighted by molar-refractivity contribution is 6.74. The fourth-order valence-electron chi connectivity index (χ4n) is 2.89. The van der Waals surface area contributed by atoms with E-state index in [1.54, 1.807) is 0 Å². The van der Waals surface area contributed by atoms with Crippen molar-refractivity contribution in [3.8, 4) is 0 Å². The summed E-state index contributed by atoms with van der Waals surface area (Å²) in [4.78, 5) is 24.6. The van der Waals surface area contributed by atoms with Crippen LogP contribution in [0.4, 0.5) is 0 Å². The summed E-state index contributed by atoms with van der Waals surface area (Å²) in [5, 5.41) is -0.0280. The Kier molecular flexibility index (Phi) is 5.70. The van der Waals surface area contributed by atoms with Crippen molar-refractivity contribution in [3.63, 3.8) is 0 Å². The molecule has 27 heavy (non-hydrogen) atoms. The first-order chi connectivity index (χ1) is 12.2. The number of hydrogen-bond acceptors (Lipinski definition) is 6. The van der Waals surface area contributed by atoms with E-state index in [-0.39, 0.29) is 11.0 Å². The van der Waals surface area contributed by atoms with Gasteiger partial charge in [0, 0.05) is 5.92 Å². The van der Waals surface area contributed by atoms with E-state index in [1.807, 2.05) is 26.0 Å².